The molecule has 7 heteroatoms. The van der Waals surface area contributed by atoms with Gasteiger partial charge < -0.3 is 19.8 Å². The highest BCUT2D eigenvalue weighted by atomic mass is 16.2. The Morgan fingerprint density at radius 1 is 1.40 bits per heavy atom. The summed E-state index contributed by atoms with van der Waals surface area (Å²) < 4.78 is 0. The summed E-state index contributed by atoms with van der Waals surface area (Å²) in [6.07, 6.45) is 7.88. The van der Waals surface area contributed by atoms with E-state index in [9.17, 15) is 4.79 Å². The van der Waals surface area contributed by atoms with E-state index in [-0.39, 0.29) is 5.91 Å². The molecule has 0 spiro atoms. The molecule has 2 aromatic heterocycles. The van der Waals surface area contributed by atoms with Crippen LogP contribution in [0.4, 0.5) is 5.82 Å². The molecule has 3 atom stereocenters. The number of carbonyl (C=O) groups excluding carboxylic acids is 1. The number of carbonyl (C=O) groups is 1. The zero-order valence-corrected chi connectivity index (χ0v) is 14.7. The van der Waals surface area contributed by atoms with Gasteiger partial charge in [-0.15, -0.1) is 0 Å². The van der Waals surface area contributed by atoms with Crippen molar-refractivity contribution in [2.24, 2.45) is 16.8 Å². The van der Waals surface area contributed by atoms with Crippen molar-refractivity contribution in [3.8, 4) is 0 Å². The molecule has 1 amide bonds. The van der Waals surface area contributed by atoms with Gasteiger partial charge in [0.2, 0.25) is 5.91 Å². The van der Waals surface area contributed by atoms with Crippen LogP contribution in [0.2, 0.25) is 0 Å². The summed E-state index contributed by atoms with van der Waals surface area (Å²) in [6, 6.07) is 2.50. The number of nitrogens with zero attached hydrogens (tertiary/aromatic N) is 5. The predicted molar refractivity (Wildman–Crippen MR) is 97.9 cm³/mol. The van der Waals surface area contributed by atoms with Gasteiger partial charge in [-0.05, 0) is 30.7 Å². The summed E-state index contributed by atoms with van der Waals surface area (Å²) in [5, 5.41) is 1.07. The van der Waals surface area contributed by atoms with Gasteiger partial charge in [0.1, 0.15) is 17.8 Å². The first-order valence-corrected chi connectivity index (χ1v) is 8.86. The molecular weight excluding hydrogens is 316 g/mol. The van der Waals surface area contributed by atoms with Crippen molar-refractivity contribution in [3.05, 3.63) is 18.6 Å². The molecule has 0 aromatic carbocycles. The second kappa shape index (κ2) is 6.46. The fourth-order valence-electron chi connectivity index (χ4n) is 4.40. The van der Waals surface area contributed by atoms with E-state index in [0.29, 0.717) is 24.3 Å². The maximum absolute atomic E-state index is 12.2. The van der Waals surface area contributed by atoms with E-state index >= 15 is 0 Å². The summed E-state index contributed by atoms with van der Waals surface area (Å²) in [5.41, 5.74) is 0.879. The summed E-state index contributed by atoms with van der Waals surface area (Å²) in [7, 11) is 3.84. The number of aromatic amines is 1. The van der Waals surface area contributed by atoms with Crippen molar-refractivity contribution < 1.29 is 4.79 Å². The highest BCUT2D eigenvalue weighted by Gasteiger charge is 2.43. The first-order chi connectivity index (χ1) is 12.2. The standard InChI is InChI=1S/C18H24N6O/c1-19-5-4-16(25)24-9-12-7-14(8-13(12)10-24)23(2)18-15-3-6-20-17(15)21-11-22-18/h3,5-6,11-14H,4,7-10H2,1-2H3,(H,20,21,22)/b19-5+/t12-,13+,14-. The van der Waals surface area contributed by atoms with Crippen molar-refractivity contribution in [2.75, 3.05) is 32.1 Å². The van der Waals surface area contributed by atoms with E-state index in [0.717, 1.165) is 42.8 Å². The summed E-state index contributed by atoms with van der Waals surface area (Å²) in [4.78, 5) is 32.4. The maximum Gasteiger partial charge on any atom is 0.227 e. The molecule has 1 aliphatic carbocycles. The van der Waals surface area contributed by atoms with Crippen molar-refractivity contribution in [1.29, 1.82) is 0 Å². The molecule has 2 aliphatic rings. The van der Waals surface area contributed by atoms with Crippen LogP contribution in [-0.2, 0) is 4.79 Å². The predicted octanol–water partition coefficient (Wildman–Crippen LogP) is 1.72. The Hall–Kier alpha value is -2.44. The van der Waals surface area contributed by atoms with Crippen LogP contribution in [0.1, 0.15) is 19.3 Å². The lowest BCUT2D eigenvalue weighted by atomic mass is 10.0. The summed E-state index contributed by atoms with van der Waals surface area (Å²) >= 11 is 0. The highest BCUT2D eigenvalue weighted by Crippen LogP contribution is 2.41. The fraction of sp³-hybridized carbons (Fsp3) is 0.556. The molecule has 3 heterocycles. The molecule has 1 saturated heterocycles. The second-order valence-electron chi connectivity index (χ2n) is 7.14. The number of aliphatic imine (C=N–C) groups is 1. The number of likely N-dealkylation sites (tertiary alicyclic amines) is 1. The molecule has 0 bridgehead atoms. The lowest BCUT2D eigenvalue weighted by molar-refractivity contribution is -0.129. The normalized spacial score (nSPS) is 25.8. The molecule has 132 valence electrons. The molecule has 0 unspecified atom stereocenters. The number of amides is 1. The van der Waals surface area contributed by atoms with Crippen molar-refractivity contribution in [1.82, 2.24) is 19.9 Å². The lowest BCUT2D eigenvalue weighted by Gasteiger charge is -2.28. The zero-order valence-electron chi connectivity index (χ0n) is 14.7. The maximum atomic E-state index is 12.2. The molecule has 1 N–H and O–H groups in total. The number of H-pyrrole nitrogens is 1. The average Bonchev–Trinajstić information content (AvgIpc) is 3.31. The number of anilines is 1. The van der Waals surface area contributed by atoms with E-state index in [4.69, 9.17) is 0 Å². The average molecular weight is 340 g/mol. The van der Waals surface area contributed by atoms with E-state index in [2.05, 4.69) is 31.9 Å². The van der Waals surface area contributed by atoms with Crippen LogP contribution in [0.25, 0.3) is 11.0 Å². The van der Waals surface area contributed by atoms with E-state index in [1.54, 1.807) is 19.6 Å². The molecular formula is C18H24N6O. The smallest absolute Gasteiger partial charge is 0.227 e. The van der Waals surface area contributed by atoms with E-state index in [1.807, 2.05) is 17.2 Å². The van der Waals surface area contributed by atoms with Crippen LogP contribution in [0.3, 0.4) is 0 Å². The largest absolute Gasteiger partial charge is 0.356 e. The number of hydrogen-bond donors (Lipinski definition) is 1. The van der Waals surface area contributed by atoms with Crippen LogP contribution in [0, 0.1) is 11.8 Å². The Balaban J connectivity index is 1.43. The van der Waals surface area contributed by atoms with Gasteiger partial charge in [0.15, 0.2) is 0 Å². The topological polar surface area (TPSA) is 77.5 Å². The van der Waals surface area contributed by atoms with Crippen LogP contribution in [-0.4, -0.2) is 65.2 Å². The Labute approximate surface area is 147 Å². The monoisotopic (exact) mass is 340 g/mol. The molecule has 1 aliphatic heterocycles. The van der Waals surface area contributed by atoms with Crippen LogP contribution < -0.4 is 4.90 Å². The third-order valence-electron chi connectivity index (χ3n) is 5.74. The SMILES string of the molecule is C/N=C/CC(=O)N1C[C@H]2C[C@@H](N(C)c3ncnc4[nH]ccc34)C[C@H]2C1. The number of fused-ring (bicyclic) bond motifs is 2. The first kappa shape index (κ1) is 16.1. The number of hydrogen-bond acceptors (Lipinski definition) is 5. The quantitative estimate of drug-likeness (QED) is 0.860. The van der Waals surface area contributed by atoms with Gasteiger partial charge in [-0.3, -0.25) is 4.79 Å². The zero-order chi connectivity index (χ0) is 17.4. The summed E-state index contributed by atoms with van der Waals surface area (Å²) in [6.45, 7) is 1.77. The van der Waals surface area contributed by atoms with Crippen molar-refractivity contribution in [3.63, 3.8) is 0 Å². The van der Waals surface area contributed by atoms with Gasteiger partial charge in [0, 0.05) is 45.6 Å². The minimum atomic E-state index is 0.203. The van der Waals surface area contributed by atoms with Gasteiger partial charge in [0.25, 0.3) is 0 Å². The third-order valence-corrected chi connectivity index (χ3v) is 5.74. The Morgan fingerprint density at radius 2 is 2.16 bits per heavy atom. The number of rotatable bonds is 4. The Kier molecular flexibility index (Phi) is 4.15. The van der Waals surface area contributed by atoms with E-state index < -0.39 is 0 Å². The van der Waals surface area contributed by atoms with Crippen molar-refractivity contribution in [2.45, 2.75) is 25.3 Å². The van der Waals surface area contributed by atoms with Gasteiger partial charge >= 0.3 is 0 Å². The Morgan fingerprint density at radius 3 is 2.88 bits per heavy atom. The molecule has 2 fully saturated rings. The molecule has 2 aromatic rings. The Bertz CT molecular complexity index is 786. The van der Waals surface area contributed by atoms with Gasteiger partial charge in [-0.2, -0.15) is 0 Å². The minimum absolute atomic E-state index is 0.203. The van der Waals surface area contributed by atoms with Crippen molar-refractivity contribution >= 4 is 29.0 Å². The first-order valence-electron chi connectivity index (χ1n) is 8.86. The van der Waals surface area contributed by atoms with Gasteiger partial charge in [-0.1, -0.05) is 0 Å². The van der Waals surface area contributed by atoms with Crippen LogP contribution in [0.5, 0.6) is 0 Å². The summed E-state index contributed by atoms with van der Waals surface area (Å²) in [5.74, 6) is 2.38. The minimum Gasteiger partial charge on any atom is -0.356 e. The molecule has 7 nitrogen and oxygen atoms in total. The molecule has 1 saturated carbocycles. The lowest BCUT2D eigenvalue weighted by Crippen LogP contribution is -2.34. The van der Waals surface area contributed by atoms with E-state index in [1.165, 1.54) is 0 Å². The van der Waals surface area contributed by atoms with Crippen LogP contribution >= 0.6 is 0 Å². The van der Waals surface area contributed by atoms with Gasteiger partial charge in [0.05, 0.1) is 11.8 Å². The highest BCUT2D eigenvalue weighted by molar-refractivity contribution is 5.90. The molecule has 25 heavy (non-hydrogen) atoms. The van der Waals surface area contributed by atoms with Gasteiger partial charge in [-0.25, -0.2) is 9.97 Å². The second-order valence-corrected chi connectivity index (χ2v) is 7.14. The molecule has 0 radical (unpaired) electrons. The fourth-order valence-corrected chi connectivity index (χ4v) is 4.40. The number of aromatic nitrogens is 3. The third kappa shape index (κ3) is 2.88. The molecule has 4 rings (SSSR count). The van der Waals surface area contributed by atoms with Crippen LogP contribution in [0.15, 0.2) is 23.6 Å². The number of nitrogens with one attached hydrogen (secondary N) is 1.